The molecule has 2 amide bonds. The van der Waals surface area contributed by atoms with Crippen molar-refractivity contribution in [3.05, 3.63) is 94.4 Å². The monoisotopic (exact) mass is 483 g/mol. The van der Waals surface area contributed by atoms with Crippen LogP contribution in [0, 0.1) is 6.92 Å². The fraction of sp³-hybridized carbons (Fsp3) is 0.143. The Hall–Kier alpha value is -4.72. The van der Waals surface area contributed by atoms with Crippen molar-refractivity contribution in [1.82, 2.24) is 4.57 Å². The Bertz CT molecular complexity index is 1520. The van der Waals surface area contributed by atoms with Crippen LogP contribution in [0.2, 0.25) is 0 Å². The number of ether oxygens (including phenoxy) is 1. The van der Waals surface area contributed by atoms with Gasteiger partial charge >= 0.3 is 5.97 Å². The number of esters is 1. The SMILES string of the molecule is CC(=O)Nc1ccc(NC(=O)COC(=O)c2c(-c3ccc(C)cc3)c3ccccc3c(=O)n2C)cc1. The lowest BCUT2D eigenvalue weighted by Gasteiger charge is -2.17. The van der Waals surface area contributed by atoms with E-state index in [2.05, 4.69) is 10.6 Å². The van der Waals surface area contributed by atoms with Crippen LogP contribution in [0.1, 0.15) is 23.0 Å². The molecule has 0 atom stereocenters. The summed E-state index contributed by atoms with van der Waals surface area (Å²) >= 11 is 0. The number of fused-ring (bicyclic) bond motifs is 1. The number of carbonyl (C=O) groups excluding carboxylic acids is 3. The van der Waals surface area contributed by atoms with E-state index in [1.807, 2.05) is 31.2 Å². The molecule has 36 heavy (non-hydrogen) atoms. The van der Waals surface area contributed by atoms with Crippen LogP contribution in [0.3, 0.4) is 0 Å². The molecule has 4 rings (SSSR count). The van der Waals surface area contributed by atoms with Crippen LogP contribution in [0.15, 0.2) is 77.6 Å². The summed E-state index contributed by atoms with van der Waals surface area (Å²) in [6, 6.07) is 21.2. The minimum atomic E-state index is -0.785. The third-order valence-electron chi connectivity index (χ3n) is 5.66. The number of aromatic nitrogens is 1. The molecular formula is C28H25N3O5. The summed E-state index contributed by atoms with van der Waals surface area (Å²) < 4.78 is 6.60. The number of nitrogens with one attached hydrogen (secondary N) is 2. The molecule has 8 heteroatoms. The lowest BCUT2D eigenvalue weighted by molar-refractivity contribution is -0.119. The van der Waals surface area contributed by atoms with Gasteiger partial charge in [0, 0.05) is 36.3 Å². The first-order chi connectivity index (χ1) is 17.2. The van der Waals surface area contributed by atoms with Crippen LogP contribution in [0.4, 0.5) is 11.4 Å². The molecule has 2 N–H and O–H groups in total. The second-order valence-electron chi connectivity index (χ2n) is 8.38. The van der Waals surface area contributed by atoms with Crippen LogP contribution in [0.5, 0.6) is 0 Å². The van der Waals surface area contributed by atoms with Crippen molar-refractivity contribution in [1.29, 1.82) is 0 Å². The molecule has 0 radical (unpaired) electrons. The van der Waals surface area contributed by atoms with Crippen molar-refractivity contribution < 1.29 is 19.1 Å². The van der Waals surface area contributed by atoms with Gasteiger partial charge < -0.3 is 19.9 Å². The zero-order valence-corrected chi connectivity index (χ0v) is 20.1. The van der Waals surface area contributed by atoms with Gasteiger partial charge in [-0.05, 0) is 48.2 Å². The average molecular weight is 484 g/mol. The summed E-state index contributed by atoms with van der Waals surface area (Å²) in [5, 5.41) is 6.38. The van der Waals surface area contributed by atoms with Gasteiger partial charge in [0.1, 0.15) is 5.69 Å². The van der Waals surface area contributed by atoms with Gasteiger partial charge in [-0.3, -0.25) is 14.4 Å². The molecule has 1 aromatic heterocycles. The molecule has 0 saturated heterocycles. The lowest BCUT2D eigenvalue weighted by Crippen LogP contribution is -2.28. The third-order valence-corrected chi connectivity index (χ3v) is 5.66. The highest BCUT2D eigenvalue weighted by atomic mass is 16.5. The number of benzene rings is 3. The van der Waals surface area contributed by atoms with Gasteiger partial charge in [-0.25, -0.2) is 4.79 Å². The van der Waals surface area contributed by atoms with E-state index in [9.17, 15) is 19.2 Å². The van der Waals surface area contributed by atoms with E-state index >= 15 is 0 Å². The van der Waals surface area contributed by atoms with Crippen LogP contribution in [-0.2, 0) is 21.4 Å². The minimum absolute atomic E-state index is 0.0648. The quantitative estimate of drug-likeness (QED) is 0.399. The van der Waals surface area contributed by atoms with E-state index < -0.39 is 18.5 Å². The van der Waals surface area contributed by atoms with E-state index in [0.717, 1.165) is 11.1 Å². The Kier molecular flexibility index (Phi) is 6.96. The Labute approximate surface area is 207 Å². The predicted octanol–water partition coefficient (Wildman–Crippen LogP) is 4.27. The summed E-state index contributed by atoms with van der Waals surface area (Å²) in [6.07, 6.45) is 0. The van der Waals surface area contributed by atoms with Crippen molar-refractivity contribution in [3.8, 4) is 11.1 Å². The summed E-state index contributed by atoms with van der Waals surface area (Å²) in [7, 11) is 1.51. The molecular weight excluding hydrogens is 458 g/mol. The lowest BCUT2D eigenvalue weighted by atomic mass is 9.96. The normalized spacial score (nSPS) is 10.6. The van der Waals surface area contributed by atoms with Crippen LogP contribution in [-0.4, -0.2) is 29.0 Å². The first kappa shape index (κ1) is 24.4. The van der Waals surface area contributed by atoms with E-state index in [1.54, 1.807) is 48.5 Å². The molecule has 0 aliphatic rings. The number of pyridine rings is 1. The molecule has 182 valence electrons. The summed E-state index contributed by atoms with van der Waals surface area (Å²) in [4.78, 5) is 49.8. The maximum absolute atomic E-state index is 13.2. The topological polar surface area (TPSA) is 106 Å². The number of nitrogens with zero attached hydrogens (tertiary/aromatic N) is 1. The number of anilines is 2. The molecule has 8 nitrogen and oxygen atoms in total. The van der Waals surface area contributed by atoms with Crippen LogP contribution < -0.4 is 16.2 Å². The van der Waals surface area contributed by atoms with Crippen LogP contribution in [0.25, 0.3) is 21.9 Å². The molecule has 4 aromatic rings. The Balaban J connectivity index is 1.60. The summed E-state index contributed by atoms with van der Waals surface area (Å²) in [6.45, 7) is 2.82. The Morgan fingerprint density at radius 1 is 0.833 bits per heavy atom. The second-order valence-corrected chi connectivity index (χ2v) is 8.38. The summed E-state index contributed by atoms with van der Waals surface area (Å²) in [5.74, 6) is -1.53. The van der Waals surface area contributed by atoms with Gasteiger partial charge in [-0.1, -0.05) is 48.0 Å². The van der Waals surface area contributed by atoms with Crippen molar-refractivity contribution in [2.45, 2.75) is 13.8 Å². The second kappa shape index (κ2) is 10.3. The zero-order valence-electron chi connectivity index (χ0n) is 20.1. The molecule has 3 aromatic carbocycles. The minimum Gasteiger partial charge on any atom is -0.451 e. The molecule has 0 fully saturated rings. The van der Waals surface area contributed by atoms with E-state index in [-0.39, 0.29) is 17.2 Å². The van der Waals surface area contributed by atoms with Gasteiger partial charge in [0.25, 0.3) is 11.5 Å². The Morgan fingerprint density at radius 3 is 2.03 bits per heavy atom. The van der Waals surface area contributed by atoms with Gasteiger partial charge in [-0.2, -0.15) is 0 Å². The van der Waals surface area contributed by atoms with Gasteiger partial charge in [0.15, 0.2) is 6.61 Å². The largest absolute Gasteiger partial charge is 0.451 e. The molecule has 0 aliphatic carbocycles. The Morgan fingerprint density at radius 2 is 1.42 bits per heavy atom. The van der Waals surface area contributed by atoms with Gasteiger partial charge in [0.2, 0.25) is 5.91 Å². The van der Waals surface area contributed by atoms with Gasteiger partial charge in [-0.15, -0.1) is 0 Å². The van der Waals surface area contributed by atoms with E-state index in [1.165, 1.54) is 18.5 Å². The van der Waals surface area contributed by atoms with Crippen LogP contribution >= 0.6 is 0 Å². The number of carbonyl (C=O) groups is 3. The molecule has 0 spiro atoms. The maximum Gasteiger partial charge on any atom is 0.356 e. The van der Waals surface area contributed by atoms with E-state index in [0.29, 0.717) is 27.7 Å². The van der Waals surface area contributed by atoms with Gasteiger partial charge in [0.05, 0.1) is 0 Å². The maximum atomic E-state index is 13.2. The highest BCUT2D eigenvalue weighted by Crippen LogP contribution is 2.31. The molecule has 0 saturated carbocycles. The standard InChI is InChI=1S/C28H25N3O5/c1-17-8-10-19(11-9-17)25-22-6-4-5-7-23(22)27(34)31(3)26(25)28(35)36-16-24(33)30-21-14-12-20(13-15-21)29-18(2)32/h4-15H,16H2,1-3H3,(H,29,32)(H,30,33). The fourth-order valence-corrected chi connectivity index (χ4v) is 3.95. The zero-order chi connectivity index (χ0) is 25.8. The van der Waals surface area contributed by atoms with Crippen molar-refractivity contribution in [3.63, 3.8) is 0 Å². The smallest absolute Gasteiger partial charge is 0.356 e. The predicted molar refractivity (Wildman–Crippen MR) is 139 cm³/mol. The highest BCUT2D eigenvalue weighted by molar-refractivity contribution is 6.07. The molecule has 1 heterocycles. The van der Waals surface area contributed by atoms with Crippen molar-refractivity contribution in [2.75, 3.05) is 17.2 Å². The first-order valence-corrected chi connectivity index (χ1v) is 11.3. The number of amides is 2. The molecule has 0 aliphatic heterocycles. The number of hydrogen-bond donors (Lipinski definition) is 2. The highest BCUT2D eigenvalue weighted by Gasteiger charge is 2.23. The fourth-order valence-electron chi connectivity index (χ4n) is 3.95. The number of aryl methyl sites for hydroxylation is 1. The molecule has 0 bridgehead atoms. The van der Waals surface area contributed by atoms with E-state index in [4.69, 9.17) is 4.74 Å². The molecule has 0 unspecified atom stereocenters. The number of rotatable bonds is 6. The average Bonchev–Trinajstić information content (AvgIpc) is 2.86. The number of hydrogen-bond acceptors (Lipinski definition) is 5. The van der Waals surface area contributed by atoms with Crippen molar-refractivity contribution in [2.24, 2.45) is 7.05 Å². The summed E-state index contributed by atoms with van der Waals surface area (Å²) in [5.41, 5.74) is 3.16. The first-order valence-electron chi connectivity index (χ1n) is 11.3. The van der Waals surface area contributed by atoms with Crippen molar-refractivity contribution >= 4 is 39.9 Å². The third kappa shape index (κ3) is 5.17.